The number of halogens is 4. The fourth-order valence-electron chi connectivity index (χ4n) is 2.55. The summed E-state index contributed by atoms with van der Waals surface area (Å²) in [6.07, 6.45) is -2.84. The number of hydrogen-bond donors (Lipinski definition) is 3. The fraction of sp³-hybridized carbons (Fsp3) is 0.667. The molecule has 0 bridgehead atoms. The van der Waals surface area contributed by atoms with Crippen LogP contribution in [0.4, 0.5) is 18.9 Å². The minimum absolute atomic E-state index is 0.0269. The molecule has 1 fully saturated rings. The smallest absolute Gasteiger partial charge is 0.388 e. The van der Waals surface area contributed by atoms with Gasteiger partial charge in [0.1, 0.15) is 5.02 Å². The number of aromatic nitrogens is 2. The topological polar surface area (TPSA) is 78.0 Å². The van der Waals surface area contributed by atoms with Crippen molar-refractivity contribution in [1.29, 1.82) is 0 Å². The van der Waals surface area contributed by atoms with Gasteiger partial charge < -0.3 is 10.4 Å². The number of aromatic amines is 1. The van der Waals surface area contributed by atoms with Crippen LogP contribution in [0, 0.1) is 5.92 Å². The molecule has 0 radical (unpaired) electrons. The Kier molecular flexibility index (Phi) is 4.48. The SMILES string of the molecule is O=c1[nH]ncc(NCC2(O)CCCC(C(F)(F)F)C2)c1Cl. The van der Waals surface area contributed by atoms with Crippen LogP contribution in [0.5, 0.6) is 0 Å². The van der Waals surface area contributed by atoms with Gasteiger partial charge in [-0.1, -0.05) is 11.6 Å². The molecule has 2 rings (SSSR count). The highest BCUT2D eigenvalue weighted by molar-refractivity contribution is 6.32. The van der Waals surface area contributed by atoms with Gasteiger partial charge in [-0.25, -0.2) is 5.10 Å². The van der Waals surface area contributed by atoms with E-state index >= 15 is 0 Å². The van der Waals surface area contributed by atoms with Crippen LogP contribution in [0.1, 0.15) is 25.7 Å². The standard InChI is InChI=1S/C12H15ClF3N3O2/c13-9-8(5-18-19-10(9)20)17-6-11(21)3-1-2-7(4-11)12(14,15)16/h5,7,21H,1-4,6H2,(H2,17,19,20). The van der Waals surface area contributed by atoms with Crippen molar-refractivity contribution >= 4 is 17.3 Å². The summed E-state index contributed by atoms with van der Waals surface area (Å²) < 4.78 is 38.3. The first-order valence-corrected chi connectivity index (χ1v) is 6.85. The minimum atomic E-state index is -4.31. The number of anilines is 1. The molecule has 0 spiro atoms. The molecule has 1 aliphatic rings. The highest BCUT2D eigenvalue weighted by atomic mass is 35.5. The lowest BCUT2D eigenvalue weighted by molar-refractivity contribution is -0.199. The minimum Gasteiger partial charge on any atom is -0.388 e. The molecular formula is C12H15ClF3N3O2. The lowest BCUT2D eigenvalue weighted by atomic mass is 9.77. The number of hydrogen-bond acceptors (Lipinski definition) is 4. The van der Waals surface area contributed by atoms with Crippen molar-refractivity contribution in [3.63, 3.8) is 0 Å². The maximum Gasteiger partial charge on any atom is 0.391 e. The van der Waals surface area contributed by atoms with E-state index < -0.39 is 23.3 Å². The van der Waals surface area contributed by atoms with Crippen LogP contribution in [-0.2, 0) is 0 Å². The lowest BCUT2D eigenvalue weighted by Gasteiger charge is -2.37. The van der Waals surface area contributed by atoms with E-state index in [0.29, 0.717) is 6.42 Å². The van der Waals surface area contributed by atoms with E-state index in [9.17, 15) is 23.1 Å². The maximum absolute atomic E-state index is 12.8. The van der Waals surface area contributed by atoms with Crippen molar-refractivity contribution in [3.8, 4) is 0 Å². The highest BCUT2D eigenvalue weighted by Crippen LogP contribution is 2.41. The molecule has 2 atom stereocenters. The highest BCUT2D eigenvalue weighted by Gasteiger charge is 2.46. The van der Waals surface area contributed by atoms with Crippen LogP contribution in [0.15, 0.2) is 11.0 Å². The van der Waals surface area contributed by atoms with Gasteiger partial charge in [0.15, 0.2) is 0 Å². The Morgan fingerprint density at radius 1 is 1.57 bits per heavy atom. The van der Waals surface area contributed by atoms with Gasteiger partial charge in [-0.3, -0.25) is 4.79 Å². The summed E-state index contributed by atoms with van der Waals surface area (Å²) in [6, 6.07) is 0. The van der Waals surface area contributed by atoms with E-state index in [2.05, 4.69) is 15.5 Å². The second kappa shape index (κ2) is 5.84. The first kappa shape index (κ1) is 16.1. The molecule has 1 aliphatic carbocycles. The molecular weight excluding hydrogens is 311 g/mol. The number of rotatable bonds is 3. The summed E-state index contributed by atoms with van der Waals surface area (Å²) in [5.74, 6) is -1.51. The summed E-state index contributed by atoms with van der Waals surface area (Å²) in [4.78, 5) is 11.3. The molecule has 0 amide bonds. The fourth-order valence-corrected chi connectivity index (χ4v) is 2.70. The number of nitrogens with zero attached hydrogens (tertiary/aromatic N) is 1. The van der Waals surface area contributed by atoms with Crippen molar-refractivity contribution in [1.82, 2.24) is 10.2 Å². The molecule has 3 N–H and O–H groups in total. The van der Waals surface area contributed by atoms with Crippen LogP contribution in [0.2, 0.25) is 5.02 Å². The largest absolute Gasteiger partial charge is 0.391 e. The number of aliphatic hydroxyl groups is 1. The molecule has 0 aliphatic heterocycles. The summed E-state index contributed by atoms with van der Waals surface area (Å²) >= 11 is 5.75. The van der Waals surface area contributed by atoms with Gasteiger partial charge in [0.2, 0.25) is 0 Å². The van der Waals surface area contributed by atoms with Crippen molar-refractivity contribution in [2.75, 3.05) is 11.9 Å². The lowest BCUT2D eigenvalue weighted by Crippen LogP contribution is -2.45. The Morgan fingerprint density at radius 3 is 2.95 bits per heavy atom. The first-order chi connectivity index (χ1) is 9.71. The monoisotopic (exact) mass is 325 g/mol. The van der Waals surface area contributed by atoms with E-state index in [1.165, 1.54) is 6.20 Å². The Bertz CT molecular complexity index is 563. The zero-order valence-electron chi connectivity index (χ0n) is 11.0. The van der Waals surface area contributed by atoms with Crippen molar-refractivity contribution in [2.45, 2.75) is 37.5 Å². The third kappa shape index (κ3) is 3.88. The van der Waals surface area contributed by atoms with Crippen molar-refractivity contribution < 1.29 is 18.3 Å². The number of alkyl halides is 3. The van der Waals surface area contributed by atoms with Gasteiger partial charge in [0, 0.05) is 6.54 Å². The molecule has 1 aromatic heterocycles. The quantitative estimate of drug-likeness (QED) is 0.797. The molecule has 1 aromatic rings. The zero-order valence-corrected chi connectivity index (χ0v) is 11.8. The van der Waals surface area contributed by atoms with E-state index in [0.717, 1.165) is 0 Å². The molecule has 1 saturated carbocycles. The number of H-pyrrole nitrogens is 1. The average molecular weight is 326 g/mol. The van der Waals surface area contributed by atoms with Crippen molar-refractivity contribution in [2.24, 2.45) is 5.92 Å². The van der Waals surface area contributed by atoms with Crippen LogP contribution in [0.25, 0.3) is 0 Å². The Hall–Kier alpha value is -1.28. The summed E-state index contributed by atoms with van der Waals surface area (Å²) in [5, 5.41) is 18.5. The Morgan fingerprint density at radius 2 is 2.29 bits per heavy atom. The predicted octanol–water partition coefficient (Wildman–Crippen LogP) is 2.32. The molecule has 0 saturated heterocycles. The zero-order chi connectivity index (χ0) is 15.7. The third-order valence-corrected chi connectivity index (χ3v) is 4.06. The van der Waals surface area contributed by atoms with Gasteiger partial charge in [-0.2, -0.15) is 18.3 Å². The second-order valence-corrected chi connectivity index (χ2v) is 5.72. The van der Waals surface area contributed by atoms with E-state index in [-0.39, 0.29) is 36.5 Å². The second-order valence-electron chi connectivity index (χ2n) is 5.34. The van der Waals surface area contributed by atoms with Gasteiger partial charge in [-0.15, -0.1) is 0 Å². The first-order valence-electron chi connectivity index (χ1n) is 6.47. The van der Waals surface area contributed by atoms with E-state index in [1.54, 1.807) is 0 Å². The predicted molar refractivity (Wildman–Crippen MR) is 71.3 cm³/mol. The summed E-state index contributed by atoms with van der Waals surface area (Å²) in [6.45, 7) is -0.121. The van der Waals surface area contributed by atoms with Crippen LogP contribution < -0.4 is 10.9 Å². The molecule has 9 heteroatoms. The van der Waals surface area contributed by atoms with Gasteiger partial charge in [0.25, 0.3) is 5.56 Å². The Labute approximate surface area is 123 Å². The Balaban J connectivity index is 2.04. The molecule has 0 aromatic carbocycles. The average Bonchev–Trinajstić information content (AvgIpc) is 2.40. The molecule has 118 valence electrons. The van der Waals surface area contributed by atoms with Crippen LogP contribution >= 0.6 is 11.6 Å². The third-order valence-electron chi connectivity index (χ3n) is 3.69. The molecule has 5 nitrogen and oxygen atoms in total. The van der Waals surface area contributed by atoms with Gasteiger partial charge in [-0.05, 0) is 25.7 Å². The normalized spacial score (nSPS) is 26.6. The van der Waals surface area contributed by atoms with E-state index in [4.69, 9.17) is 11.6 Å². The maximum atomic E-state index is 12.8. The summed E-state index contributed by atoms with van der Waals surface area (Å²) in [5.41, 5.74) is -1.90. The van der Waals surface area contributed by atoms with Gasteiger partial charge in [0.05, 0.1) is 23.4 Å². The molecule has 1 heterocycles. The van der Waals surface area contributed by atoms with E-state index in [1.807, 2.05) is 0 Å². The van der Waals surface area contributed by atoms with Crippen molar-refractivity contribution in [3.05, 3.63) is 21.6 Å². The number of nitrogens with one attached hydrogen (secondary N) is 2. The van der Waals surface area contributed by atoms with Crippen LogP contribution in [0.3, 0.4) is 0 Å². The van der Waals surface area contributed by atoms with Crippen LogP contribution in [-0.4, -0.2) is 33.6 Å². The summed E-state index contributed by atoms with van der Waals surface area (Å²) in [7, 11) is 0. The van der Waals surface area contributed by atoms with Gasteiger partial charge >= 0.3 is 6.18 Å². The molecule has 2 unspecified atom stereocenters. The molecule has 21 heavy (non-hydrogen) atoms.